The number of aryl methyl sites for hydroxylation is 1. The molecule has 3 aromatic rings. The van der Waals surface area contributed by atoms with Crippen LogP contribution in [0.1, 0.15) is 15.4 Å². The van der Waals surface area contributed by atoms with E-state index < -0.39 is 0 Å². The zero-order chi connectivity index (χ0) is 17.2. The third-order valence-electron chi connectivity index (χ3n) is 4.26. The van der Waals surface area contributed by atoms with Gasteiger partial charge in [0.2, 0.25) is 0 Å². The normalized spacial score (nSPS) is 14.8. The lowest BCUT2D eigenvalue weighted by molar-refractivity contribution is 0.0750. The minimum absolute atomic E-state index is 0.0958. The summed E-state index contributed by atoms with van der Waals surface area (Å²) in [6.45, 7) is 4.95. The second-order valence-corrected chi connectivity index (χ2v) is 7.82. The molecule has 0 saturated carbocycles. The van der Waals surface area contributed by atoms with Gasteiger partial charge in [0.25, 0.3) is 5.91 Å². The lowest BCUT2D eigenvalue weighted by Gasteiger charge is -2.35. The predicted molar refractivity (Wildman–Crippen MR) is 103 cm³/mol. The van der Waals surface area contributed by atoms with Gasteiger partial charge in [0.05, 0.1) is 10.6 Å². The first kappa shape index (κ1) is 16.2. The molecule has 0 aliphatic carbocycles. The smallest absolute Gasteiger partial charge is 0.265 e. The molecule has 0 spiro atoms. The highest BCUT2D eigenvalue weighted by molar-refractivity contribution is 7.22. The van der Waals surface area contributed by atoms with Crippen molar-refractivity contribution < 1.29 is 4.79 Å². The van der Waals surface area contributed by atoms with E-state index in [1.165, 1.54) is 11.3 Å². The molecule has 25 heavy (non-hydrogen) atoms. The van der Waals surface area contributed by atoms with E-state index in [9.17, 15) is 4.79 Å². The quantitative estimate of drug-likeness (QED) is 0.708. The van der Waals surface area contributed by atoms with Crippen LogP contribution in [0.2, 0.25) is 0 Å². The van der Waals surface area contributed by atoms with Crippen molar-refractivity contribution in [3.8, 4) is 9.88 Å². The number of anilines is 1. The molecule has 1 amide bonds. The van der Waals surface area contributed by atoms with Crippen molar-refractivity contribution in [1.29, 1.82) is 0 Å². The van der Waals surface area contributed by atoms with Gasteiger partial charge in [-0.05, 0) is 30.5 Å². The molecule has 7 heteroatoms. The van der Waals surface area contributed by atoms with E-state index >= 15 is 0 Å². The standard InChI is InChI=1S/C18H18N4OS2/c1-13-16(25-17(20-13)14-5-4-12-24-14)18(23)22-10-8-21(9-11-22)15-6-2-3-7-19-15/h2-7,12H,8-11H2,1H3. The second-order valence-electron chi connectivity index (χ2n) is 5.88. The Morgan fingerprint density at radius 1 is 1.12 bits per heavy atom. The number of nitrogens with zero attached hydrogens (tertiary/aromatic N) is 4. The van der Waals surface area contributed by atoms with Crippen molar-refractivity contribution >= 4 is 34.4 Å². The van der Waals surface area contributed by atoms with Gasteiger partial charge in [0, 0.05) is 32.4 Å². The Bertz CT molecular complexity index is 853. The summed E-state index contributed by atoms with van der Waals surface area (Å²) in [5.74, 6) is 1.07. The summed E-state index contributed by atoms with van der Waals surface area (Å²) in [6.07, 6.45) is 1.81. The van der Waals surface area contributed by atoms with Crippen molar-refractivity contribution in [2.24, 2.45) is 0 Å². The van der Waals surface area contributed by atoms with Crippen LogP contribution in [0.3, 0.4) is 0 Å². The Morgan fingerprint density at radius 3 is 2.64 bits per heavy atom. The Kier molecular flexibility index (Phi) is 4.50. The Balaban J connectivity index is 1.46. The molecule has 0 radical (unpaired) electrons. The van der Waals surface area contributed by atoms with Crippen molar-refractivity contribution in [3.05, 3.63) is 52.5 Å². The molecule has 1 aliphatic heterocycles. The van der Waals surface area contributed by atoms with Gasteiger partial charge in [0.1, 0.15) is 15.7 Å². The maximum Gasteiger partial charge on any atom is 0.265 e. The highest BCUT2D eigenvalue weighted by atomic mass is 32.1. The fraction of sp³-hybridized carbons (Fsp3) is 0.278. The summed E-state index contributed by atoms with van der Waals surface area (Å²) in [5, 5.41) is 2.97. The van der Waals surface area contributed by atoms with Crippen LogP contribution < -0.4 is 4.90 Å². The lowest BCUT2D eigenvalue weighted by atomic mass is 10.2. The summed E-state index contributed by atoms with van der Waals surface area (Å²) in [5.41, 5.74) is 0.825. The third-order valence-corrected chi connectivity index (χ3v) is 6.45. The number of piperazine rings is 1. The summed E-state index contributed by atoms with van der Waals surface area (Å²) in [7, 11) is 0. The molecule has 0 N–H and O–H groups in total. The van der Waals surface area contributed by atoms with E-state index in [0.29, 0.717) is 13.1 Å². The average molecular weight is 371 g/mol. The van der Waals surface area contributed by atoms with Crippen LogP contribution in [-0.2, 0) is 0 Å². The first-order valence-electron chi connectivity index (χ1n) is 8.19. The molecule has 3 aromatic heterocycles. The van der Waals surface area contributed by atoms with E-state index in [4.69, 9.17) is 0 Å². The molecule has 4 heterocycles. The zero-order valence-electron chi connectivity index (χ0n) is 13.9. The number of carbonyl (C=O) groups excluding carboxylic acids is 1. The first-order chi connectivity index (χ1) is 12.2. The molecule has 0 aromatic carbocycles. The second kappa shape index (κ2) is 6.93. The van der Waals surface area contributed by atoms with Crippen LogP contribution in [0.5, 0.6) is 0 Å². The maximum absolute atomic E-state index is 12.9. The van der Waals surface area contributed by atoms with Crippen molar-refractivity contribution in [2.75, 3.05) is 31.1 Å². The number of aromatic nitrogens is 2. The van der Waals surface area contributed by atoms with Gasteiger partial charge < -0.3 is 9.80 Å². The molecule has 1 fully saturated rings. The highest BCUT2D eigenvalue weighted by Crippen LogP contribution is 2.31. The SMILES string of the molecule is Cc1nc(-c2cccs2)sc1C(=O)N1CCN(c2ccccn2)CC1. The van der Waals surface area contributed by atoms with Crippen molar-refractivity contribution in [1.82, 2.24) is 14.9 Å². The maximum atomic E-state index is 12.9. The van der Waals surface area contributed by atoms with Gasteiger partial charge in [-0.2, -0.15) is 0 Å². The van der Waals surface area contributed by atoms with Gasteiger partial charge in [-0.15, -0.1) is 22.7 Å². The average Bonchev–Trinajstić information content (AvgIpc) is 3.32. The Morgan fingerprint density at radius 2 is 1.96 bits per heavy atom. The number of hydrogen-bond acceptors (Lipinski definition) is 6. The molecule has 0 bridgehead atoms. The van der Waals surface area contributed by atoms with E-state index in [1.54, 1.807) is 17.5 Å². The van der Waals surface area contributed by atoms with Gasteiger partial charge in [0.15, 0.2) is 0 Å². The van der Waals surface area contributed by atoms with Crippen LogP contribution in [0, 0.1) is 6.92 Å². The lowest BCUT2D eigenvalue weighted by Crippen LogP contribution is -2.49. The summed E-state index contributed by atoms with van der Waals surface area (Å²) in [4.78, 5) is 27.9. The number of thiophene rings is 1. The number of thiazole rings is 1. The monoisotopic (exact) mass is 370 g/mol. The van der Waals surface area contributed by atoms with Crippen molar-refractivity contribution in [3.63, 3.8) is 0 Å². The van der Waals surface area contributed by atoms with E-state index in [2.05, 4.69) is 14.9 Å². The van der Waals surface area contributed by atoms with E-state index in [-0.39, 0.29) is 5.91 Å². The molecule has 128 valence electrons. The van der Waals surface area contributed by atoms with Crippen LogP contribution in [0.15, 0.2) is 41.9 Å². The fourth-order valence-corrected chi connectivity index (χ4v) is 4.75. The van der Waals surface area contributed by atoms with Crippen molar-refractivity contribution in [2.45, 2.75) is 6.92 Å². The largest absolute Gasteiger partial charge is 0.353 e. The van der Waals surface area contributed by atoms with Gasteiger partial charge in [-0.3, -0.25) is 4.79 Å². The minimum Gasteiger partial charge on any atom is -0.353 e. The molecule has 1 aliphatic rings. The highest BCUT2D eigenvalue weighted by Gasteiger charge is 2.26. The summed E-state index contributed by atoms with van der Waals surface area (Å²) < 4.78 is 0. The van der Waals surface area contributed by atoms with Gasteiger partial charge in [-0.1, -0.05) is 12.1 Å². The number of carbonyl (C=O) groups is 1. The van der Waals surface area contributed by atoms with E-state index in [0.717, 1.165) is 39.4 Å². The minimum atomic E-state index is 0.0958. The molecule has 4 rings (SSSR count). The molecule has 0 atom stereocenters. The predicted octanol–water partition coefficient (Wildman–Crippen LogP) is 3.54. The third kappa shape index (κ3) is 3.29. The number of hydrogen-bond donors (Lipinski definition) is 0. The molecular formula is C18H18N4OS2. The Labute approximate surface area is 154 Å². The van der Waals surface area contributed by atoms with Gasteiger partial charge >= 0.3 is 0 Å². The first-order valence-corrected chi connectivity index (χ1v) is 9.88. The van der Waals surface area contributed by atoms with Crippen LogP contribution >= 0.6 is 22.7 Å². The van der Waals surface area contributed by atoms with Crippen LogP contribution in [0.25, 0.3) is 9.88 Å². The summed E-state index contributed by atoms with van der Waals surface area (Å²) >= 11 is 3.15. The summed E-state index contributed by atoms with van der Waals surface area (Å²) in [6, 6.07) is 9.98. The van der Waals surface area contributed by atoms with Gasteiger partial charge in [-0.25, -0.2) is 9.97 Å². The zero-order valence-corrected chi connectivity index (χ0v) is 15.5. The molecule has 1 saturated heterocycles. The molecule has 0 unspecified atom stereocenters. The van der Waals surface area contributed by atoms with Crippen LogP contribution in [-0.4, -0.2) is 47.0 Å². The van der Waals surface area contributed by atoms with Crippen LogP contribution in [0.4, 0.5) is 5.82 Å². The fourth-order valence-electron chi connectivity index (χ4n) is 2.92. The number of rotatable bonds is 3. The Hall–Kier alpha value is -2.25. The number of pyridine rings is 1. The molecule has 5 nitrogen and oxygen atoms in total. The number of amides is 1. The topological polar surface area (TPSA) is 49.3 Å². The molecular weight excluding hydrogens is 352 g/mol. The van der Waals surface area contributed by atoms with E-state index in [1.807, 2.05) is 47.5 Å².